The smallest absolute Gasteiger partial charge is 0.0979 e. The minimum Gasteiger partial charge on any atom is -0.387 e. The second-order valence-corrected chi connectivity index (χ2v) is 6.23. The van der Waals surface area contributed by atoms with Gasteiger partial charge in [-0.3, -0.25) is 0 Å². The molecule has 4 unspecified atom stereocenters. The molecule has 0 saturated heterocycles. The van der Waals surface area contributed by atoms with Gasteiger partial charge in [0.2, 0.25) is 0 Å². The minimum atomic E-state index is -0.626. The molecule has 0 radical (unpaired) electrons. The Bertz CT molecular complexity index is 501. The quantitative estimate of drug-likeness (QED) is 0.896. The summed E-state index contributed by atoms with van der Waals surface area (Å²) in [7, 11) is 0. The molecule has 2 nitrogen and oxygen atoms in total. The van der Waals surface area contributed by atoms with Gasteiger partial charge in [0, 0.05) is 0 Å². The van der Waals surface area contributed by atoms with E-state index >= 15 is 0 Å². The number of benzene rings is 1. The second-order valence-electron chi connectivity index (χ2n) is 6.23. The number of hydrogen-bond donors (Lipinski definition) is 1. The molecule has 0 heterocycles. The fourth-order valence-electron chi connectivity index (χ4n) is 4.14. The highest BCUT2D eigenvalue weighted by Gasteiger charge is 2.55. The van der Waals surface area contributed by atoms with Crippen LogP contribution in [-0.2, 0) is 6.42 Å². The molecule has 1 N–H and O–H groups in total. The summed E-state index contributed by atoms with van der Waals surface area (Å²) < 4.78 is 0. The number of rotatable bonds is 3. The third-order valence-electron chi connectivity index (χ3n) is 5.30. The van der Waals surface area contributed by atoms with Gasteiger partial charge < -0.3 is 5.11 Å². The zero-order chi connectivity index (χ0) is 13.5. The van der Waals surface area contributed by atoms with Crippen LogP contribution >= 0.6 is 0 Å². The van der Waals surface area contributed by atoms with Crippen molar-refractivity contribution in [3.05, 3.63) is 35.4 Å². The van der Waals surface area contributed by atoms with E-state index in [2.05, 4.69) is 25.1 Å². The van der Waals surface area contributed by atoms with Gasteiger partial charge in [-0.1, -0.05) is 37.6 Å². The summed E-state index contributed by atoms with van der Waals surface area (Å²) >= 11 is 0. The molecular weight excluding hydrogens is 234 g/mol. The van der Waals surface area contributed by atoms with Crippen molar-refractivity contribution in [1.82, 2.24) is 0 Å². The van der Waals surface area contributed by atoms with Crippen LogP contribution < -0.4 is 0 Å². The molecule has 100 valence electrons. The van der Waals surface area contributed by atoms with Crippen LogP contribution in [0.2, 0.25) is 0 Å². The van der Waals surface area contributed by atoms with Crippen LogP contribution in [0.4, 0.5) is 0 Å². The van der Waals surface area contributed by atoms with Crippen molar-refractivity contribution in [3.63, 3.8) is 0 Å². The Balaban J connectivity index is 1.89. The fourth-order valence-corrected chi connectivity index (χ4v) is 4.14. The van der Waals surface area contributed by atoms with E-state index in [4.69, 9.17) is 0 Å². The van der Waals surface area contributed by atoms with E-state index in [1.807, 2.05) is 12.1 Å². The van der Waals surface area contributed by atoms with E-state index in [1.165, 1.54) is 12.0 Å². The van der Waals surface area contributed by atoms with Crippen molar-refractivity contribution in [2.45, 2.75) is 45.1 Å². The van der Waals surface area contributed by atoms with Crippen LogP contribution in [-0.4, -0.2) is 5.11 Å². The molecule has 2 saturated carbocycles. The van der Waals surface area contributed by atoms with E-state index in [9.17, 15) is 10.4 Å². The molecular formula is C17H21NO. The summed E-state index contributed by atoms with van der Waals surface area (Å²) in [6.45, 7) is 2.12. The molecule has 2 aliphatic carbocycles. The van der Waals surface area contributed by atoms with Crippen molar-refractivity contribution in [1.29, 1.82) is 5.26 Å². The molecule has 2 bridgehead atoms. The van der Waals surface area contributed by atoms with Gasteiger partial charge in [-0.15, -0.1) is 0 Å². The zero-order valence-electron chi connectivity index (χ0n) is 11.5. The summed E-state index contributed by atoms with van der Waals surface area (Å²) in [5, 5.41) is 20.4. The molecule has 1 aromatic carbocycles. The Kier molecular flexibility index (Phi) is 3.11. The average molecular weight is 255 g/mol. The van der Waals surface area contributed by atoms with Crippen LogP contribution in [0, 0.1) is 28.6 Å². The number of hydrogen-bond acceptors (Lipinski definition) is 2. The SMILES string of the molecule is CCc1ccc(C(O)C2(C#N)CC3CCC2C3)cc1. The topological polar surface area (TPSA) is 44.0 Å². The molecule has 19 heavy (non-hydrogen) atoms. The maximum absolute atomic E-state index is 10.7. The summed E-state index contributed by atoms with van der Waals surface area (Å²) in [5.41, 5.74) is 1.65. The largest absolute Gasteiger partial charge is 0.387 e. The normalized spacial score (nSPS) is 34.2. The third kappa shape index (κ3) is 1.88. The Morgan fingerprint density at radius 3 is 2.58 bits per heavy atom. The number of nitriles is 1. The highest BCUT2D eigenvalue weighted by atomic mass is 16.3. The predicted octanol–water partition coefficient (Wildman–Crippen LogP) is 3.61. The number of fused-ring (bicyclic) bond motifs is 2. The van der Waals surface area contributed by atoms with E-state index in [0.29, 0.717) is 11.8 Å². The van der Waals surface area contributed by atoms with Gasteiger partial charge in [-0.05, 0) is 48.6 Å². The van der Waals surface area contributed by atoms with Crippen LogP contribution in [0.15, 0.2) is 24.3 Å². The fraction of sp³-hybridized carbons (Fsp3) is 0.588. The molecule has 2 aliphatic rings. The third-order valence-corrected chi connectivity index (χ3v) is 5.30. The highest BCUT2D eigenvalue weighted by Crippen LogP contribution is 2.60. The van der Waals surface area contributed by atoms with Gasteiger partial charge in [0.25, 0.3) is 0 Å². The number of aliphatic hydroxyl groups is 1. The van der Waals surface area contributed by atoms with E-state index in [-0.39, 0.29) is 0 Å². The van der Waals surface area contributed by atoms with Crippen molar-refractivity contribution in [2.24, 2.45) is 17.3 Å². The van der Waals surface area contributed by atoms with Crippen LogP contribution in [0.25, 0.3) is 0 Å². The molecule has 0 amide bonds. The van der Waals surface area contributed by atoms with Crippen molar-refractivity contribution in [2.75, 3.05) is 0 Å². The predicted molar refractivity (Wildman–Crippen MR) is 74.3 cm³/mol. The van der Waals surface area contributed by atoms with Crippen molar-refractivity contribution < 1.29 is 5.11 Å². The second kappa shape index (κ2) is 4.65. The van der Waals surface area contributed by atoms with E-state index < -0.39 is 11.5 Å². The zero-order valence-corrected chi connectivity index (χ0v) is 11.5. The molecule has 0 spiro atoms. The van der Waals surface area contributed by atoms with Crippen molar-refractivity contribution >= 4 is 0 Å². The van der Waals surface area contributed by atoms with Crippen LogP contribution in [0.5, 0.6) is 0 Å². The number of aryl methyl sites for hydroxylation is 1. The minimum absolute atomic E-state index is 0.392. The Morgan fingerprint density at radius 2 is 2.11 bits per heavy atom. The highest BCUT2D eigenvalue weighted by molar-refractivity contribution is 5.29. The molecule has 2 heteroatoms. The lowest BCUT2D eigenvalue weighted by molar-refractivity contribution is 0.0233. The maximum atomic E-state index is 10.7. The first-order chi connectivity index (χ1) is 9.19. The average Bonchev–Trinajstić information content (AvgIpc) is 3.07. The first-order valence-corrected chi connectivity index (χ1v) is 7.37. The van der Waals surface area contributed by atoms with Gasteiger partial charge in [-0.25, -0.2) is 0 Å². The first-order valence-electron chi connectivity index (χ1n) is 7.37. The first kappa shape index (κ1) is 12.7. The molecule has 3 rings (SSSR count). The molecule has 0 aromatic heterocycles. The summed E-state index contributed by atoms with van der Waals surface area (Å²) in [6.07, 6.45) is 4.75. The van der Waals surface area contributed by atoms with Gasteiger partial charge in [0.05, 0.1) is 17.6 Å². The van der Waals surface area contributed by atoms with Crippen LogP contribution in [0.1, 0.15) is 49.8 Å². The van der Waals surface area contributed by atoms with E-state index in [1.54, 1.807) is 0 Å². The molecule has 0 aliphatic heterocycles. The Labute approximate surface area is 115 Å². The molecule has 1 aromatic rings. The van der Waals surface area contributed by atoms with E-state index in [0.717, 1.165) is 31.2 Å². The Hall–Kier alpha value is -1.33. The lowest BCUT2D eigenvalue weighted by atomic mass is 9.68. The van der Waals surface area contributed by atoms with Gasteiger partial charge >= 0.3 is 0 Å². The lowest BCUT2D eigenvalue weighted by Gasteiger charge is -2.35. The lowest BCUT2D eigenvalue weighted by Crippen LogP contribution is -2.33. The summed E-state index contributed by atoms with van der Waals surface area (Å²) in [5.74, 6) is 1.05. The maximum Gasteiger partial charge on any atom is 0.0979 e. The van der Waals surface area contributed by atoms with Gasteiger partial charge in [-0.2, -0.15) is 5.26 Å². The molecule has 2 fully saturated rings. The summed E-state index contributed by atoms with van der Waals surface area (Å²) in [4.78, 5) is 0. The Morgan fingerprint density at radius 1 is 1.37 bits per heavy atom. The monoisotopic (exact) mass is 255 g/mol. The molecule has 4 atom stereocenters. The number of nitrogens with zero attached hydrogens (tertiary/aromatic N) is 1. The number of aliphatic hydroxyl groups excluding tert-OH is 1. The van der Waals surface area contributed by atoms with Crippen LogP contribution in [0.3, 0.4) is 0 Å². The van der Waals surface area contributed by atoms with Gasteiger partial charge in [0.15, 0.2) is 0 Å². The van der Waals surface area contributed by atoms with Crippen molar-refractivity contribution in [3.8, 4) is 6.07 Å². The van der Waals surface area contributed by atoms with Gasteiger partial charge in [0.1, 0.15) is 0 Å². The summed E-state index contributed by atoms with van der Waals surface area (Å²) in [6, 6.07) is 10.6. The standard InChI is InChI=1S/C17H21NO/c1-2-12-3-6-14(7-4-12)16(19)17(11-18)10-13-5-8-15(17)9-13/h3-4,6-7,13,15-16,19H,2,5,8-10H2,1H3.